The number of hydrogen-bond acceptors (Lipinski definition) is 0. The van der Waals surface area contributed by atoms with Gasteiger partial charge in [-0.05, 0) is 31.9 Å². The summed E-state index contributed by atoms with van der Waals surface area (Å²) in [5.74, 6) is 0. The molecule has 0 aromatic carbocycles. The van der Waals surface area contributed by atoms with Gasteiger partial charge in [0.25, 0.3) is 3.78 Å². The standard InChI is InChI=1S/C3Br2ClF5/c4-1(6,2(5,7)8)3(9,10)11. The summed E-state index contributed by atoms with van der Waals surface area (Å²) in [6.07, 6.45) is -5.23. The molecule has 0 saturated heterocycles. The number of alkyl halides is 8. The van der Waals surface area contributed by atoms with Crippen molar-refractivity contribution in [2.45, 2.75) is 14.8 Å². The van der Waals surface area contributed by atoms with E-state index in [1.54, 1.807) is 15.9 Å². The van der Waals surface area contributed by atoms with Gasteiger partial charge < -0.3 is 0 Å². The van der Waals surface area contributed by atoms with Crippen LogP contribution in [-0.2, 0) is 0 Å². The predicted molar refractivity (Wildman–Crippen MR) is 37.4 cm³/mol. The second-order valence-corrected chi connectivity index (χ2v) is 4.78. The SMILES string of the molecule is FC(F)(F)C(Cl)(Br)C(F)(F)Br. The summed E-state index contributed by atoms with van der Waals surface area (Å²) in [6.45, 7) is 0. The third-order valence-electron chi connectivity index (χ3n) is 0.712. The van der Waals surface area contributed by atoms with Crippen molar-refractivity contribution in [3.8, 4) is 0 Å². The first-order valence-corrected chi connectivity index (χ1v) is 3.98. The molecule has 0 spiro atoms. The molecule has 0 rings (SSSR count). The topological polar surface area (TPSA) is 0 Å². The Morgan fingerprint density at radius 3 is 1.18 bits per heavy atom. The van der Waals surface area contributed by atoms with Gasteiger partial charge in [0.1, 0.15) is 0 Å². The van der Waals surface area contributed by atoms with Crippen molar-refractivity contribution >= 4 is 43.5 Å². The molecule has 0 nitrogen and oxygen atoms in total. The lowest BCUT2D eigenvalue weighted by atomic mass is 10.4. The fourth-order valence-electron chi connectivity index (χ4n) is 0.161. The smallest absolute Gasteiger partial charge is 0.190 e. The van der Waals surface area contributed by atoms with E-state index in [2.05, 4.69) is 11.6 Å². The first kappa shape index (κ1) is 11.9. The second kappa shape index (κ2) is 2.99. The predicted octanol–water partition coefficient (Wildman–Crippen LogP) is 3.87. The maximum atomic E-state index is 12.0. The molecule has 1 unspecified atom stereocenters. The summed E-state index contributed by atoms with van der Waals surface area (Å²) in [7, 11) is 0. The highest BCUT2D eigenvalue weighted by atomic mass is 79.9. The molecule has 0 saturated carbocycles. The minimum Gasteiger partial charge on any atom is -0.190 e. The van der Waals surface area contributed by atoms with Gasteiger partial charge in [0.2, 0.25) is 0 Å². The Balaban J connectivity index is 4.75. The lowest BCUT2D eigenvalue weighted by molar-refractivity contribution is -0.168. The molecular formula is C3Br2ClF5. The lowest BCUT2D eigenvalue weighted by Crippen LogP contribution is -2.45. The van der Waals surface area contributed by atoms with E-state index < -0.39 is 14.8 Å². The van der Waals surface area contributed by atoms with Gasteiger partial charge in [0, 0.05) is 0 Å². The van der Waals surface area contributed by atoms with E-state index in [0.29, 0.717) is 0 Å². The third-order valence-corrected chi connectivity index (χ3v) is 3.47. The molecule has 0 aliphatic carbocycles. The van der Waals surface area contributed by atoms with Crippen molar-refractivity contribution in [3.63, 3.8) is 0 Å². The van der Waals surface area contributed by atoms with E-state index in [0.717, 1.165) is 0 Å². The number of halogens is 8. The van der Waals surface area contributed by atoms with Crippen LogP contribution in [0, 0.1) is 0 Å². The molecule has 0 heterocycles. The van der Waals surface area contributed by atoms with Gasteiger partial charge in [0.15, 0.2) is 0 Å². The van der Waals surface area contributed by atoms with Crippen LogP contribution < -0.4 is 0 Å². The van der Waals surface area contributed by atoms with Gasteiger partial charge in [0.05, 0.1) is 0 Å². The summed E-state index contributed by atoms with van der Waals surface area (Å²) in [6, 6.07) is 0. The van der Waals surface area contributed by atoms with Crippen LogP contribution >= 0.6 is 43.5 Å². The Morgan fingerprint density at radius 1 is 0.909 bits per heavy atom. The molecular weight excluding hydrogens is 326 g/mol. The van der Waals surface area contributed by atoms with Crippen molar-refractivity contribution < 1.29 is 22.0 Å². The summed E-state index contributed by atoms with van der Waals surface area (Å²) in [5.41, 5.74) is 0. The molecule has 0 N–H and O–H groups in total. The van der Waals surface area contributed by atoms with Crippen LogP contribution in [-0.4, -0.2) is 14.8 Å². The Labute approximate surface area is 80.3 Å². The molecule has 0 aliphatic heterocycles. The van der Waals surface area contributed by atoms with Crippen LogP contribution in [0.25, 0.3) is 0 Å². The van der Waals surface area contributed by atoms with E-state index in [4.69, 9.17) is 0 Å². The van der Waals surface area contributed by atoms with Crippen LogP contribution in [0.15, 0.2) is 0 Å². The summed E-state index contributed by atoms with van der Waals surface area (Å²) in [4.78, 5) is -4.25. The Kier molecular flexibility index (Phi) is 3.24. The third kappa shape index (κ3) is 2.42. The molecule has 0 fully saturated rings. The van der Waals surface area contributed by atoms with Crippen molar-refractivity contribution in [2.24, 2.45) is 0 Å². The molecule has 0 aromatic heterocycles. The van der Waals surface area contributed by atoms with Crippen molar-refractivity contribution in [1.82, 2.24) is 0 Å². The van der Waals surface area contributed by atoms with Gasteiger partial charge in [-0.25, -0.2) is 0 Å². The Morgan fingerprint density at radius 2 is 1.18 bits per heavy atom. The molecule has 0 aromatic rings. The van der Waals surface area contributed by atoms with Crippen LogP contribution in [0.4, 0.5) is 22.0 Å². The highest BCUT2D eigenvalue weighted by Crippen LogP contribution is 2.54. The molecule has 8 heteroatoms. The summed E-state index contributed by atoms with van der Waals surface area (Å²) < 4.78 is 55.2. The zero-order valence-corrected chi connectivity index (χ0v) is 8.45. The van der Waals surface area contributed by atoms with Crippen molar-refractivity contribution in [2.75, 3.05) is 0 Å². The highest BCUT2D eigenvalue weighted by Gasteiger charge is 2.66. The minimum absolute atomic E-state index is 1.50. The largest absolute Gasteiger partial charge is 0.424 e. The molecule has 1 atom stereocenters. The second-order valence-electron chi connectivity index (χ2n) is 1.57. The molecule has 0 aliphatic rings. The van der Waals surface area contributed by atoms with Crippen molar-refractivity contribution in [3.05, 3.63) is 0 Å². The average Bonchev–Trinajstić information content (AvgIpc) is 1.58. The first-order chi connectivity index (χ1) is 4.50. The Hall–Kier alpha value is 0.900. The fraction of sp³-hybridized carbons (Fsp3) is 1.00. The summed E-state index contributed by atoms with van der Waals surface area (Å²) in [5, 5.41) is 0. The van der Waals surface area contributed by atoms with Crippen molar-refractivity contribution in [1.29, 1.82) is 0 Å². The minimum atomic E-state index is -5.23. The van der Waals surface area contributed by atoms with Gasteiger partial charge in [-0.3, -0.25) is 0 Å². The quantitative estimate of drug-likeness (QED) is 0.507. The first-order valence-electron chi connectivity index (χ1n) is 2.01. The summed E-state index contributed by atoms with van der Waals surface area (Å²) >= 11 is 7.65. The lowest BCUT2D eigenvalue weighted by Gasteiger charge is -2.27. The van der Waals surface area contributed by atoms with Gasteiger partial charge in [-0.1, -0.05) is 11.6 Å². The zero-order valence-electron chi connectivity index (χ0n) is 4.52. The zero-order chi connectivity index (χ0) is 9.50. The molecule has 0 amide bonds. The van der Waals surface area contributed by atoms with Crippen LogP contribution in [0.2, 0.25) is 0 Å². The highest BCUT2D eigenvalue weighted by molar-refractivity contribution is 9.13. The molecule has 0 bridgehead atoms. The number of rotatable bonds is 1. The van der Waals surface area contributed by atoms with Gasteiger partial charge in [-0.15, -0.1) is 0 Å². The average molecular weight is 326 g/mol. The van der Waals surface area contributed by atoms with E-state index in [9.17, 15) is 22.0 Å². The molecule has 11 heavy (non-hydrogen) atoms. The van der Waals surface area contributed by atoms with Crippen LogP contribution in [0.3, 0.4) is 0 Å². The normalized spacial score (nSPS) is 19.6. The van der Waals surface area contributed by atoms with Gasteiger partial charge in [-0.2, -0.15) is 22.0 Å². The van der Waals surface area contributed by atoms with E-state index >= 15 is 0 Å². The molecule has 0 radical (unpaired) electrons. The van der Waals surface area contributed by atoms with E-state index in [1.807, 2.05) is 0 Å². The van der Waals surface area contributed by atoms with Crippen LogP contribution in [0.5, 0.6) is 0 Å². The molecule has 68 valence electrons. The maximum Gasteiger partial charge on any atom is 0.424 e. The van der Waals surface area contributed by atoms with E-state index in [1.165, 1.54) is 15.9 Å². The number of hydrogen-bond donors (Lipinski definition) is 0. The maximum absolute atomic E-state index is 12.0. The van der Waals surface area contributed by atoms with E-state index in [-0.39, 0.29) is 0 Å². The van der Waals surface area contributed by atoms with Crippen LogP contribution in [0.1, 0.15) is 0 Å². The van der Waals surface area contributed by atoms with Gasteiger partial charge >= 0.3 is 11.0 Å². The monoisotopic (exact) mass is 324 g/mol. The Bertz CT molecular complexity index is 131. The fourth-order valence-corrected chi connectivity index (χ4v) is 0.386.